The molecule has 1 aromatic carbocycles. The molecule has 1 aromatic heterocycles. The summed E-state index contributed by atoms with van der Waals surface area (Å²) < 4.78 is 3.20. The summed E-state index contributed by atoms with van der Waals surface area (Å²) in [6, 6.07) is 8.55. The molecule has 0 saturated heterocycles. The number of hydrogen-bond acceptors (Lipinski definition) is 2. The predicted molar refractivity (Wildman–Crippen MR) is 77.4 cm³/mol. The minimum atomic E-state index is 0.209. The number of halogens is 1. The molecule has 18 heavy (non-hydrogen) atoms. The summed E-state index contributed by atoms with van der Waals surface area (Å²) >= 11 is 3.44. The van der Waals surface area contributed by atoms with E-state index in [9.17, 15) is 0 Å². The van der Waals surface area contributed by atoms with Crippen LogP contribution in [0.15, 0.2) is 41.3 Å². The molecule has 0 bridgehead atoms. The van der Waals surface area contributed by atoms with Crippen LogP contribution in [0, 0.1) is 0 Å². The van der Waals surface area contributed by atoms with Gasteiger partial charge in [0.05, 0.1) is 12.0 Å². The monoisotopic (exact) mass is 307 g/mol. The van der Waals surface area contributed by atoms with Crippen molar-refractivity contribution >= 4 is 15.9 Å². The SMILES string of the molecule is CCC(N)Cc1cn(Cc2ccc(Br)cc2)cn1. The highest BCUT2D eigenvalue weighted by Crippen LogP contribution is 2.12. The van der Waals surface area contributed by atoms with Crippen LogP contribution in [0.5, 0.6) is 0 Å². The lowest BCUT2D eigenvalue weighted by atomic mass is 10.1. The molecule has 96 valence electrons. The molecule has 0 saturated carbocycles. The molecule has 1 atom stereocenters. The highest BCUT2D eigenvalue weighted by Gasteiger charge is 2.04. The van der Waals surface area contributed by atoms with Crippen molar-refractivity contribution in [1.29, 1.82) is 0 Å². The molecule has 0 fully saturated rings. The number of benzene rings is 1. The van der Waals surface area contributed by atoms with Gasteiger partial charge < -0.3 is 10.3 Å². The number of nitrogens with zero attached hydrogens (tertiary/aromatic N) is 2. The Morgan fingerprint density at radius 1 is 1.33 bits per heavy atom. The van der Waals surface area contributed by atoms with E-state index in [1.807, 2.05) is 6.33 Å². The lowest BCUT2D eigenvalue weighted by Gasteiger charge is -2.05. The second kappa shape index (κ2) is 6.16. The van der Waals surface area contributed by atoms with Crippen molar-refractivity contribution in [1.82, 2.24) is 9.55 Å². The minimum Gasteiger partial charge on any atom is -0.333 e. The number of aromatic nitrogens is 2. The molecule has 2 rings (SSSR count). The molecule has 0 aliphatic heterocycles. The van der Waals surface area contributed by atoms with Crippen LogP contribution >= 0.6 is 15.9 Å². The minimum absolute atomic E-state index is 0.209. The van der Waals surface area contributed by atoms with Crippen LogP contribution in [-0.2, 0) is 13.0 Å². The molecule has 0 radical (unpaired) electrons. The topological polar surface area (TPSA) is 43.8 Å². The van der Waals surface area contributed by atoms with Gasteiger partial charge in [-0.25, -0.2) is 4.98 Å². The van der Waals surface area contributed by atoms with Gasteiger partial charge in [0.25, 0.3) is 0 Å². The number of hydrogen-bond donors (Lipinski definition) is 1. The van der Waals surface area contributed by atoms with Crippen LogP contribution in [0.3, 0.4) is 0 Å². The van der Waals surface area contributed by atoms with Crippen molar-refractivity contribution in [3.8, 4) is 0 Å². The smallest absolute Gasteiger partial charge is 0.0952 e. The summed E-state index contributed by atoms with van der Waals surface area (Å²) in [4.78, 5) is 4.39. The first-order chi connectivity index (χ1) is 8.67. The zero-order valence-corrected chi connectivity index (χ0v) is 12.1. The molecule has 2 N–H and O–H groups in total. The number of nitrogens with two attached hydrogens (primary N) is 1. The van der Waals surface area contributed by atoms with Crippen LogP contribution in [0.4, 0.5) is 0 Å². The third kappa shape index (κ3) is 3.68. The van der Waals surface area contributed by atoms with E-state index >= 15 is 0 Å². The Hall–Kier alpha value is -1.13. The highest BCUT2D eigenvalue weighted by atomic mass is 79.9. The normalized spacial score (nSPS) is 12.6. The van der Waals surface area contributed by atoms with Gasteiger partial charge in [0, 0.05) is 29.7 Å². The van der Waals surface area contributed by atoms with E-state index in [-0.39, 0.29) is 6.04 Å². The van der Waals surface area contributed by atoms with Crippen molar-refractivity contribution in [3.05, 3.63) is 52.5 Å². The van der Waals surface area contributed by atoms with Crippen LogP contribution in [0.1, 0.15) is 24.6 Å². The summed E-state index contributed by atoms with van der Waals surface area (Å²) in [5, 5.41) is 0. The van der Waals surface area contributed by atoms with Crippen molar-refractivity contribution in [3.63, 3.8) is 0 Å². The van der Waals surface area contributed by atoms with E-state index < -0.39 is 0 Å². The molecule has 1 unspecified atom stereocenters. The van der Waals surface area contributed by atoms with Gasteiger partial charge in [-0.2, -0.15) is 0 Å². The van der Waals surface area contributed by atoms with Crippen molar-refractivity contribution in [2.24, 2.45) is 5.73 Å². The molecule has 0 spiro atoms. The first-order valence-electron chi connectivity index (χ1n) is 6.18. The Bertz CT molecular complexity index is 490. The molecule has 0 aliphatic rings. The van der Waals surface area contributed by atoms with Gasteiger partial charge in [0.15, 0.2) is 0 Å². The molecule has 1 heterocycles. The maximum absolute atomic E-state index is 5.93. The molecular formula is C14H18BrN3. The molecule has 0 aliphatic carbocycles. The van der Waals surface area contributed by atoms with Crippen LogP contribution in [0.25, 0.3) is 0 Å². The fraction of sp³-hybridized carbons (Fsp3) is 0.357. The fourth-order valence-corrected chi connectivity index (χ4v) is 2.08. The Balaban J connectivity index is 2.00. The van der Waals surface area contributed by atoms with E-state index in [2.05, 4.69) is 62.9 Å². The summed E-state index contributed by atoms with van der Waals surface area (Å²) in [6.45, 7) is 2.95. The zero-order chi connectivity index (χ0) is 13.0. The Morgan fingerprint density at radius 2 is 2.06 bits per heavy atom. The van der Waals surface area contributed by atoms with Gasteiger partial charge in [0.2, 0.25) is 0 Å². The third-order valence-corrected chi connectivity index (χ3v) is 3.49. The quantitative estimate of drug-likeness (QED) is 0.923. The second-order valence-corrected chi connectivity index (χ2v) is 5.45. The van der Waals surface area contributed by atoms with Gasteiger partial charge in [-0.05, 0) is 24.1 Å². The van der Waals surface area contributed by atoms with E-state index in [0.29, 0.717) is 0 Å². The average molecular weight is 308 g/mol. The molecule has 2 aromatic rings. The zero-order valence-electron chi connectivity index (χ0n) is 10.5. The summed E-state index contributed by atoms with van der Waals surface area (Å²) in [5.41, 5.74) is 8.27. The highest BCUT2D eigenvalue weighted by molar-refractivity contribution is 9.10. The predicted octanol–water partition coefficient (Wildman–Crippen LogP) is 2.97. The van der Waals surface area contributed by atoms with Gasteiger partial charge in [0.1, 0.15) is 0 Å². The van der Waals surface area contributed by atoms with E-state index in [1.165, 1.54) is 5.56 Å². The average Bonchev–Trinajstić information content (AvgIpc) is 2.79. The summed E-state index contributed by atoms with van der Waals surface area (Å²) in [6.07, 6.45) is 5.79. The first kappa shape index (κ1) is 13.3. The summed E-state index contributed by atoms with van der Waals surface area (Å²) in [5.74, 6) is 0. The van der Waals surface area contributed by atoms with Crippen molar-refractivity contribution in [2.45, 2.75) is 32.4 Å². The van der Waals surface area contributed by atoms with Crippen LogP contribution < -0.4 is 5.73 Å². The lowest BCUT2D eigenvalue weighted by molar-refractivity contribution is 0.638. The van der Waals surface area contributed by atoms with Crippen molar-refractivity contribution < 1.29 is 0 Å². The first-order valence-corrected chi connectivity index (χ1v) is 6.97. The van der Waals surface area contributed by atoms with Crippen LogP contribution in [0.2, 0.25) is 0 Å². The summed E-state index contributed by atoms with van der Waals surface area (Å²) in [7, 11) is 0. The van der Waals surface area contributed by atoms with E-state index in [0.717, 1.165) is 29.6 Å². The Labute approximate surface area is 116 Å². The lowest BCUT2D eigenvalue weighted by Crippen LogP contribution is -2.21. The largest absolute Gasteiger partial charge is 0.333 e. The molecule has 4 heteroatoms. The molecule has 0 amide bonds. The maximum atomic E-state index is 5.93. The Kier molecular flexibility index (Phi) is 4.55. The van der Waals surface area contributed by atoms with Gasteiger partial charge in [-0.1, -0.05) is 35.0 Å². The van der Waals surface area contributed by atoms with E-state index in [4.69, 9.17) is 5.73 Å². The fourth-order valence-electron chi connectivity index (χ4n) is 1.81. The van der Waals surface area contributed by atoms with Crippen molar-refractivity contribution in [2.75, 3.05) is 0 Å². The maximum Gasteiger partial charge on any atom is 0.0952 e. The Morgan fingerprint density at radius 3 is 2.72 bits per heavy atom. The molecule has 3 nitrogen and oxygen atoms in total. The number of imidazole rings is 1. The van der Waals surface area contributed by atoms with E-state index in [1.54, 1.807) is 0 Å². The third-order valence-electron chi connectivity index (χ3n) is 2.96. The standard InChI is InChI=1S/C14H18BrN3/c1-2-13(16)7-14-9-18(10-17-14)8-11-3-5-12(15)6-4-11/h3-6,9-10,13H,2,7-8,16H2,1H3. The van der Waals surface area contributed by atoms with Crippen LogP contribution in [-0.4, -0.2) is 15.6 Å². The van der Waals surface area contributed by atoms with Gasteiger partial charge in [-0.3, -0.25) is 0 Å². The second-order valence-electron chi connectivity index (χ2n) is 4.54. The number of rotatable bonds is 5. The van der Waals surface area contributed by atoms with Gasteiger partial charge >= 0.3 is 0 Å². The molecular weight excluding hydrogens is 290 g/mol. The van der Waals surface area contributed by atoms with Gasteiger partial charge in [-0.15, -0.1) is 0 Å².